The Kier molecular flexibility index (Phi) is 4.06. The lowest BCUT2D eigenvalue weighted by Gasteiger charge is -2.33. The smallest absolute Gasteiger partial charge is 0.165 e. The summed E-state index contributed by atoms with van der Waals surface area (Å²) in [7, 11) is 0. The molecule has 0 unspecified atom stereocenters. The molecule has 1 N–H and O–H groups in total. The first-order chi connectivity index (χ1) is 8.23. The van der Waals surface area contributed by atoms with Crippen LogP contribution >= 0.6 is 0 Å². The molecule has 1 saturated heterocycles. The first-order valence-corrected chi connectivity index (χ1v) is 6.27. The Hall–Kier alpha value is -1.01. The molecule has 96 valence electrons. The molecule has 0 aliphatic carbocycles. The van der Waals surface area contributed by atoms with Gasteiger partial charge in [0.1, 0.15) is 0 Å². The van der Waals surface area contributed by atoms with E-state index in [1.54, 1.807) is 0 Å². The molecule has 1 aromatic heterocycles. The van der Waals surface area contributed by atoms with Crippen molar-refractivity contribution in [1.82, 2.24) is 25.5 Å². The van der Waals surface area contributed by atoms with Gasteiger partial charge in [0.2, 0.25) is 0 Å². The standard InChI is InChI=1S/C11H21N5O/c1-3-12-8-10-13-14-15-16(10)9-11(2)4-6-17-7-5-11/h12H,3-9H2,1-2H3. The van der Waals surface area contributed by atoms with E-state index in [9.17, 15) is 0 Å². The van der Waals surface area contributed by atoms with Gasteiger partial charge in [0, 0.05) is 13.2 Å². The minimum atomic E-state index is 0.259. The zero-order valence-corrected chi connectivity index (χ0v) is 10.6. The molecule has 1 aromatic rings. The largest absolute Gasteiger partial charge is 0.381 e. The summed E-state index contributed by atoms with van der Waals surface area (Å²) in [5.41, 5.74) is 0.259. The van der Waals surface area contributed by atoms with Gasteiger partial charge in [-0.3, -0.25) is 0 Å². The van der Waals surface area contributed by atoms with Gasteiger partial charge >= 0.3 is 0 Å². The van der Waals surface area contributed by atoms with Gasteiger partial charge < -0.3 is 10.1 Å². The SMILES string of the molecule is CCNCc1nnnn1CC1(C)CCOCC1. The van der Waals surface area contributed by atoms with E-state index in [-0.39, 0.29) is 5.41 Å². The van der Waals surface area contributed by atoms with E-state index in [1.165, 1.54) is 0 Å². The van der Waals surface area contributed by atoms with E-state index in [0.29, 0.717) is 0 Å². The monoisotopic (exact) mass is 239 g/mol. The number of nitrogens with zero attached hydrogens (tertiary/aromatic N) is 4. The first-order valence-electron chi connectivity index (χ1n) is 6.27. The fraction of sp³-hybridized carbons (Fsp3) is 0.909. The Morgan fingerprint density at radius 3 is 2.88 bits per heavy atom. The lowest BCUT2D eigenvalue weighted by atomic mass is 9.82. The number of rotatable bonds is 5. The highest BCUT2D eigenvalue weighted by Crippen LogP contribution is 2.31. The zero-order chi connectivity index (χ0) is 12.1. The molecular weight excluding hydrogens is 218 g/mol. The fourth-order valence-electron chi connectivity index (χ4n) is 2.09. The Bertz CT molecular complexity index is 345. The summed E-state index contributed by atoms with van der Waals surface area (Å²) in [4.78, 5) is 0. The summed E-state index contributed by atoms with van der Waals surface area (Å²) < 4.78 is 7.33. The number of hydrogen-bond donors (Lipinski definition) is 1. The van der Waals surface area contributed by atoms with Gasteiger partial charge in [0.15, 0.2) is 5.82 Å². The van der Waals surface area contributed by atoms with Gasteiger partial charge in [-0.2, -0.15) is 0 Å². The van der Waals surface area contributed by atoms with E-state index >= 15 is 0 Å². The highest BCUT2D eigenvalue weighted by molar-refractivity contribution is 4.84. The minimum absolute atomic E-state index is 0.259. The van der Waals surface area contributed by atoms with Crippen molar-refractivity contribution in [3.63, 3.8) is 0 Å². The summed E-state index contributed by atoms with van der Waals surface area (Å²) in [5.74, 6) is 0.916. The van der Waals surface area contributed by atoms with Crippen LogP contribution in [0.5, 0.6) is 0 Å². The van der Waals surface area contributed by atoms with Crippen molar-refractivity contribution in [2.75, 3.05) is 19.8 Å². The van der Waals surface area contributed by atoms with Crippen LogP contribution < -0.4 is 5.32 Å². The van der Waals surface area contributed by atoms with E-state index in [2.05, 4.69) is 34.7 Å². The second-order valence-electron chi connectivity index (χ2n) is 4.96. The normalized spacial score (nSPS) is 19.4. The van der Waals surface area contributed by atoms with Crippen molar-refractivity contribution in [2.45, 2.75) is 39.8 Å². The average molecular weight is 239 g/mol. The molecule has 1 fully saturated rings. The van der Waals surface area contributed by atoms with Crippen LogP contribution in [-0.4, -0.2) is 40.0 Å². The molecule has 17 heavy (non-hydrogen) atoms. The molecule has 1 aliphatic rings. The van der Waals surface area contributed by atoms with Crippen molar-refractivity contribution < 1.29 is 4.74 Å². The van der Waals surface area contributed by atoms with Crippen LogP contribution in [0.15, 0.2) is 0 Å². The molecule has 0 spiro atoms. The first kappa shape index (κ1) is 12.4. The van der Waals surface area contributed by atoms with Crippen molar-refractivity contribution in [2.24, 2.45) is 5.41 Å². The molecule has 2 heterocycles. The van der Waals surface area contributed by atoms with Crippen molar-refractivity contribution in [3.05, 3.63) is 5.82 Å². The second-order valence-corrected chi connectivity index (χ2v) is 4.96. The maximum atomic E-state index is 5.41. The van der Waals surface area contributed by atoms with Crippen LogP contribution in [0.4, 0.5) is 0 Å². The highest BCUT2D eigenvalue weighted by atomic mass is 16.5. The lowest BCUT2D eigenvalue weighted by molar-refractivity contribution is 0.0131. The Morgan fingerprint density at radius 2 is 2.18 bits per heavy atom. The van der Waals surface area contributed by atoms with E-state index in [4.69, 9.17) is 4.74 Å². The summed E-state index contributed by atoms with van der Waals surface area (Å²) >= 11 is 0. The quantitative estimate of drug-likeness (QED) is 0.815. The molecule has 6 nitrogen and oxygen atoms in total. The second kappa shape index (κ2) is 5.55. The summed E-state index contributed by atoms with van der Waals surface area (Å²) in [6, 6.07) is 0. The molecule has 0 bridgehead atoms. The van der Waals surface area contributed by atoms with Crippen LogP contribution in [-0.2, 0) is 17.8 Å². The Labute approximate surface area is 102 Å². The van der Waals surface area contributed by atoms with Crippen LogP contribution in [0.25, 0.3) is 0 Å². The predicted molar refractivity (Wildman–Crippen MR) is 63.4 cm³/mol. The van der Waals surface area contributed by atoms with Crippen LogP contribution in [0, 0.1) is 5.41 Å². The molecule has 1 aliphatic heterocycles. The molecule has 0 atom stereocenters. The number of aromatic nitrogens is 4. The van der Waals surface area contributed by atoms with Crippen LogP contribution in [0.2, 0.25) is 0 Å². The molecule has 0 saturated carbocycles. The molecule has 0 aromatic carbocycles. The molecule has 2 rings (SSSR count). The summed E-state index contributed by atoms with van der Waals surface area (Å²) in [6.45, 7) is 8.60. The third-order valence-corrected chi connectivity index (χ3v) is 3.37. The minimum Gasteiger partial charge on any atom is -0.381 e. The van der Waals surface area contributed by atoms with Gasteiger partial charge in [-0.15, -0.1) is 5.10 Å². The Balaban J connectivity index is 1.99. The predicted octanol–water partition coefficient (Wildman–Crippen LogP) is 0.599. The Morgan fingerprint density at radius 1 is 1.41 bits per heavy atom. The number of hydrogen-bond acceptors (Lipinski definition) is 5. The average Bonchev–Trinajstić information content (AvgIpc) is 2.74. The van der Waals surface area contributed by atoms with Crippen LogP contribution in [0.1, 0.15) is 32.5 Å². The van der Waals surface area contributed by atoms with Crippen LogP contribution in [0.3, 0.4) is 0 Å². The van der Waals surface area contributed by atoms with E-state index < -0.39 is 0 Å². The third kappa shape index (κ3) is 3.23. The summed E-state index contributed by atoms with van der Waals surface area (Å²) in [5, 5.41) is 15.2. The lowest BCUT2D eigenvalue weighted by Crippen LogP contribution is -2.32. The fourth-order valence-corrected chi connectivity index (χ4v) is 2.09. The summed E-state index contributed by atoms with van der Waals surface area (Å²) in [6.07, 6.45) is 2.15. The molecule has 0 radical (unpaired) electrons. The van der Waals surface area contributed by atoms with Gasteiger partial charge in [0.05, 0.1) is 13.1 Å². The van der Waals surface area contributed by atoms with Gasteiger partial charge in [-0.1, -0.05) is 13.8 Å². The van der Waals surface area contributed by atoms with Crippen molar-refractivity contribution >= 4 is 0 Å². The molecule has 0 amide bonds. The van der Waals surface area contributed by atoms with E-state index in [1.807, 2.05) is 4.68 Å². The maximum absolute atomic E-state index is 5.41. The number of ether oxygens (including phenoxy) is 1. The highest BCUT2D eigenvalue weighted by Gasteiger charge is 2.29. The molecular formula is C11H21N5O. The third-order valence-electron chi connectivity index (χ3n) is 3.37. The van der Waals surface area contributed by atoms with E-state index in [0.717, 1.165) is 51.5 Å². The van der Waals surface area contributed by atoms with Gasteiger partial charge in [0.25, 0.3) is 0 Å². The topological polar surface area (TPSA) is 64.9 Å². The molecule has 6 heteroatoms. The van der Waals surface area contributed by atoms with Crippen molar-refractivity contribution in [1.29, 1.82) is 0 Å². The van der Waals surface area contributed by atoms with Crippen molar-refractivity contribution in [3.8, 4) is 0 Å². The number of nitrogens with one attached hydrogen (secondary N) is 1. The maximum Gasteiger partial charge on any atom is 0.165 e. The zero-order valence-electron chi connectivity index (χ0n) is 10.6. The van der Waals surface area contributed by atoms with Gasteiger partial charge in [-0.05, 0) is 35.2 Å². The number of tetrazole rings is 1. The van der Waals surface area contributed by atoms with Gasteiger partial charge in [-0.25, -0.2) is 4.68 Å².